The number of furan rings is 1. The van der Waals surface area contributed by atoms with E-state index in [0.29, 0.717) is 22.5 Å². The Morgan fingerprint density at radius 2 is 1.70 bits per heavy atom. The highest BCUT2D eigenvalue weighted by molar-refractivity contribution is 6.01. The van der Waals surface area contributed by atoms with Crippen molar-refractivity contribution in [1.82, 2.24) is 20.3 Å². The lowest BCUT2D eigenvalue weighted by Gasteiger charge is -2.31. The van der Waals surface area contributed by atoms with E-state index in [1.165, 1.54) is 4.90 Å². The van der Waals surface area contributed by atoms with Crippen molar-refractivity contribution in [1.29, 1.82) is 0 Å². The van der Waals surface area contributed by atoms with Crippen LogP contribution in [0.3, 0.4) is 0 Å². The van der Waals surface area contributed by atoms with Gasteiger partial charge in [0.1, 0.15) is 23.9 Å². The number of aromatic nitrogens is 3. The monoisotopic (exact) mass is 493 g/mol. The number of nitrogens with zero attached hydrogens (tertiary/aromatic N) is 4. The number of aryl methyl sites for hydroxylation is 1. The molecule has 1 N–H and O–H groups in total. The molecule has 0 fully saturated rings. The van der Waals surface area contributed by atoms with Crippen LogP contribution < -0.4 is 10.2 Å². The Hall–Kier alpha value is -4.72. The second-order valence-corrected chi connectivity index (χ2v) is 8.63. The number of hydrogen-bond donors (Lipinski definition) is 1. The second-order valence-electron chi connectivity index (χ2n) is 8.63. The summed E-state index contributed by atoms with van der Waals surface area (Å²) < 4.78 is 6.95. The summed E-state index contributed by atoms with van der Waals surface area (Å²) in [5.41, 5.74) is 3.90. The molecule has 0 aliphatic carbocycles. The van der Waals surface area contributed by atoms with Gasteiger partial charge >= 0.3 is 0 Å². The maximum atomic E-state index is 14.0. The fourth-order valence-corrected chi connectivity index (χ4v) is 4.30. The largest absolute Gasteiger partial charge is 0.467 e. The molecular weight excluding hydrogens is 466 g/mol. The maximum Gasteiger partial charge on any atom is 0.249 e. The summed E-state index contributed by atoms with van der Waals surface area (Å²) in [5.74, 6) is 0.0148. The van der Waals surface area contributed by atoms with Gasteiger partial charge in [-0.25, -0.2) is 4.68 Å². The van der Waals surface area contributed by atoms with Crippen molar-refractivity contribution in [3.05, 3.63) is 114 Å². The van der Waals surface area contributed by atoms with E-state index in [4.69, 9.17) is 4.42 Å². The van der Waals surface area contributed by atoms with E-state index in [1.807, 2.05) is 78.9 Å². The van der Waals surface area contributed by atoms with E-state index in [2.05, 4.69) is 22.6 Å². The average molecular weight is 494 g/mol. The van der Waals surface area contributed by atoms with Crippen LogP contribution in [0.25, 0.3) is 11.0 Å². The molecule has 8 heteroatoms. The molecule has 0 aliphatic rings. The summed E-state index contributed by atoms with van der Waals surface area (Å²) in [5, 5.41) is 11.3. The second kappa shape index (κ2) is 10.9. The minimum atomic E-state index is -0.912. The highest BCUT2D eigenvalue weighted by atomic mass is 16.3. The summed E-state index contributed by atoms with van der Waals surface area (Å²) >= 11 is 0. The number of fused-ring (bicyclic) bond motifs is 1. The Balaban J connectivity index is 1.54. The zero-order valence-corrected chi connectivity index (χ0v) is 20.4. The van der Waals surface area contributed by atoms with Gasteiger partial charge in [0, 0.05) is 5.69 Å². The normalized spacial score (nSPS) is 11.8. The van der Waals surface area contributed by atoms with Crippen LogP contribution in [0.4, 0.5) is 5.69 Å². The lowest BCUT2D eigenvalue weighted by atomic mass is 10.0. The number of nitrogens with one attached hydrogen (secondary N) is 1. The fraction of sp³-hybridized carbons (Fsp3) is 0.172. The van der Waals surface area contributed by atoms with Crippen molar-refractivity contribution in [3.63, 3.8) is 0 Å². The SMILES string of the molecule is CCc1ccc(C(C(=O)NCc2ccco2)N(C(=O)Cn2nnc3ccccc32)c2ccccc2)cc1. The lowest BCUT2D eigenvalue weighted by molar-refractivity contribution is -0.127. The van der Waals surface area contributed by atoms with Crippen molar-refractivity contribution in [2.75, 3.05) is 4.90 Å². The molecule has 0 spiro atoms. The number of benzene rings is 3. The van der Waals surface area contributed by atoms with Gasteiger partial charge in [0.05, 0.1) is 18.3 Å². The number of hydrogen-bond acceptors (Lipinski definition) is 5. The van der Waals surface area contributed by atoms with Gasteiger partial charge in [-0.1, -0.05) is 66.7 Å². The van der Waals surface area contributed by atoms with Crippen LogP contribution >= 0.6 is 0 Å². The molecule has 0 saturated heterocycles. The molecule has 0 bridgehead atoms. The molecule has 1 unspecified atom stereocenters. The van der Waals surface area contributed by atoms with Gasteiger partial charge in [-0.2, -0.15) is 0 Å². The van der Waals surface area contributed by atoms with E-state index >= 15 is 0 Å². The molecule has 186 valence electrons. The van der Waals surface area contributed by atoms with Crippen LogP contribution in [0, 0.1) is 0 Å². The molecule has 2 aromatic heterocycles. The van der Waals surface area contributed by atoms with Crippen LogP contribution in [-0.4, -0.2) is 26.8 Å². The third-order valence-electron chi connectivity index (χ3n) is 6.24. The molecular formula is C29H27N5O3. The van der Waals surface area contributed by atoms with Crippen LogP contribution in [0.15, 0.2) is 102 Å². The van der Waals surface area contributed by atoms with Gasteiger partial charge in [-0.15, -0.1) is 5.10 Å². The van der Waals surface area contributed by atoms with Crippen LogP contribution in [0.1, 0.15) is 29.9 Å². The van der Waals surface area contributed by atoms with Crippen molar-refractivity contribution in [2.24, 2.45) is 0 Å². The number of amides is 2. The van der Waals surface area contributed by atoms with Crippen LogP contribution in [0.5, 0.6) is 0 Å². The first kappa shape index (κ1) is 24.0. The van der Waals surface area contributed by atoms with Gasteiger partial charge in [0.2, 0.25) is 11.8 Å². The Labute approximate surface area is 214 Å². The van der Waals surface area contributed by atoms with Gasteiger partial charge in [-0.3, -0.25) is 14.5 Å². The van der Waals surface area contributed by atoms with Crippen molar-refractivity contribution in [2.45, 2.75) is 32.5 Å². The first-order valence-corrected chi connectivity index (χ1v) is 12.2. The van der Waals surface area contributed by atoms with E-state index in [0.717, 1.165) is 17.5 Å². The number of anilines is 1. The quantitative estimate of drug-likeness (QED) is 0.322. The van der Waals surface area contributed by atoms with Crippen molar-refractivity contribution < 1.29 is 14.0 Å². The summed E-state index contributed by atoms with van der Waals surface area (Å²) in [7, 11) is 0. The molecule has 37 heavy (non-hydrogen) atoms. The minimum Gasteiger partial charge on any atom is -0.467 e. The summed E-state index contributed by atoms with van der Waals surface area (Å²) in [6.07, 6.45) is 2.43. The summed E-state index contributed by atoms with van der Waals surface area (Å²) in [6.45, 7) is 2.20. The third kappa shape index (κ3) is 5.28. The predicted octanol–water partition coefficient (Wildman–Crippen LogP) is 4.68. The van der Waals surface area contributed by atoms with E-state index in [-0.39, 0.29) is 24.9 Å². The Morgan fingerprint density at radius 1 is 0.946 bits per heavy atom. The molecule has 2 amide bonds. The van der Waals surface area contributed by atoms with E-state index < -0.39 is 6.04 Å². The zero-order valence-electron chi connectivity index (χ0n) is 20.4. The maximum absolute atomic E-state index is 14.0. The molecule has 0 aliphatic heterocycles. The first-order chi connectivity index (χ1) is 18.1. The Morgan fingerprint density at radius 3 is 2.43 bits per heavy atom. The smallest absolute Gasteiger partial charge is 0.249 e. The third-order valence-corrected chi connectivity index (χ3v) is 6.24. The van der Waals surface area contributed by atoms with E-state index in [1.54, 1.807) is 23.1 Å². The van der Waals surface area contributed by atoms with Crippen molar-refractivity contribution in [3.8, 4) is 0 Å². The van der Waals surface area contributed by atoms with Gasteiger partial charge in [0.15, 0.2) is 0 Å². The lowest BCUT2D eigenvalue weighted by Crippen LogP contribution is -2.45. The van der Waals surface area contributed by atoms with Gasteiger partial charge < -0.3 is 9.73 Å². The molecule has 0 saturated carbocycles. The van der Waals surface area contributed by atoms with Gasteiger partial charge in [-0.05, 0) is 53.9 Å². The van der Waals surface area contributed by atoms with Gasteiger partial charge in [0.25, 0.3) is 0 Å². The Kier molecular flexibility index (Phi) is 7.07. The number of carbonyl (C=O) groups is 2. The molecule has 0 radical (unpaired) electrons. The van der Waals surface area contributed by atoms with Crippen LogP contribution in [0.2, 0.25) is 0 Å². The van der Waals surface area contributed by atoms with Crippen molar-refractivity contribution >= 4 is 28.5 Å². The number of para-hydroxylation sites is 2. The highest BCUT2D eigenvalue weighted by Crippen LogP contribution is 2.29. The summed E-state index contributed by atoms with van der Waals surface area (Å²) in [6, 6.07) is 27.1. The van der Waals surface area contributed by atoms with Crippen LogP contribution in [-0.2, 0) is 29.1 Å². The standard InChI is InChI=1S/C29H27N5O3/c1-2-21-14-16-22(17-15-21)28(29(36)30-19-24-11-8-18-37-24)34(23-9-4-3-5-10-23)27(35)20-33-26-13-7-6-12-25(26)31-32-33/h3-18,28H,2,19-20H2,1H3,(H,30,36). The minimum absolute atomic E-state index is 0.0790. The summed E-state index contributed by atoms with van der Waals surface area (Å²) in [4.78, 5) is 29.3. The molecule has 1 atom stereocenters. The molecule has 2 heterocycles. The number of rotatable bonds is 9. The molecule has 3 aromatic carbocycles. The molecule has 8 nitrogen and oxygen atoms in total. The highest BCUT2D eigenvalue weighted by Gasteiger charge is 2.33. The number of carbonyl (C=O) groups excluding carboxylic acids is 2. The van der Waals surface area contributed by atoms with E-state index in [9.17, 15) is 9.59 Å². The molecule has 5 rings (SSSR count). The topological polar surface area (TPSA) is 93.3 Å². The predicted molar refractivity (Wildman–Crippen MR) is 141 cm³/mol. The zero-order chi connectivity index (χ0) is 25.6. The Bertz CT molecular complexity index is 1480. The fourth-order valence-electron chi connectivity index (χ4n) is 4.30. The average Bonchev–Trinajstić information content (AvgIpc) is 3.61. The first-order valence-electron chi connectivity index (χ1n) is 12.2. The molecule has 5 aromatic rings.